The molecule has 0 spiro atoms. The first-order chi connectivity index (χ1) is 14.4. The molecule has 0 unspecified atom stereocenters. The molecule has 0 heterocycles. The van der Waals surface area contributed by atoms with Gasteiger partial charge in [-0.25, -0.2) is 22.9 Å². The molecule has 0 aliphatic heterocycles. The number of aryl methyl sites for hydroxylation is 1. The number of nitrogens with zero attached hydrogens (tertiary/aromatic N) is 1. The van der Waals surface area contributed by atoms with Crippen molar-refractivity contribution in [3.63, 3.8) is 0 Å². The Morgan fingerprint density at radius 2 is 1.70 bits per heavy atom. The Morgan fingerprint density at radius 3 is 2.37 bits per heavy atom. The minimum absolute atomic E-state index is 0.0206. The van der Waals surface area contributed by atoms with Gasteiger partial charge in [0.1, 0.15) is 0 Å². The fourth-order valence-corrected chi connectivity index (χ4v) is 4.36. The van der Waals surface area contributed by atoms with Crippen LogP contribution in [0.4, 0.5) is 5.69 Å². The second-order valence-corrected chi connectivity index (χ2v) is 9.03. The summed E-state index contributed by atoms with van der Waals surface area (Å²) in [5.74, 6) is -0.421. The van der Waals surface area contributed by atoms with E-state index < -0.39 is 16.0 Å². The summed E-state index contributed by atoms with van der Waals surface area (Å²) in [5, 5.41) is 3.01. The molecule has 1 fully saturated rings. The number of carbonyl (C=O) groups is 1. The lowest BCUT2D eigenvalue weighted by Gasteiger charge is -2.21. The van der Waals surface area contributed by atoms with E-state index in [4.69, 9.17) is 4.74 Å². The summed E-state index contributed by atoms with van der Waals surface area (Å²) in [6.45, 7) is 1.89. The third-order valence-electron chi connectivity index (χ3n) is 5.03. The van der Waals surface area contributed by atoms with E-state index in [1.165, 1.54) is 7.11 Å². The average molecular weight is 430 g/mol. The monoisotopic (exact) mass is 429 g/mol. The standard InChI is InChI=1S/C22H27N3O4S/c1-16-12-14-18(15-13-16)30(27,28)25-22(23-17-8-4-3-5-9-17)24-20-11-7-6-10-19(20)21(26)29-2/h6-7,10-15,17H,3-5,8-9H2,1-2H3,(H2,23,24,25). The number of hydrogen-bond donors (Lipinski definition) is 2. The Balaban J connectivity index is 1.92. The molecule has 0 radical (unpaired) electrons. The van der Waals surface area contributed by atoms with Gasteiger partial charge < -0.3 is 10.1 Å². The lowest BCUT2D eigenvalue weighted by Crippen LogP contribution is -2.37. The van der Waals surface area contributed by atoms with E-state index in [9.17, 15) is 13.2 Å². The Hall–Kier alpha value is -2.87. The van der Waals surface area contributed by atoms with Crippen LogP contribution in [0.3, 0.4) is 0 Å². The van der Waals surface area contributed by atoms with Crippen LogP contribution in [0.2, 0.25) is 0 Å². The highest BCUT2D eigenvalue weighted by Crippen LogP contribution is 2.22. The predicted molar refractivity (Wildman–Crippen MR) is 117 cm³/mol. The number of ether oxygens (including phenoxy) is 1. The molecule has 1 aliphatic rings. The van der Waals surface area contributed by atoms with Crippen molar-refractivity contribution in [2.75, 3.05) is 12.4 Å². The zero-order valence-electron chi connectivity index (χ0n) is 17.2. The van der Waals surface area contributed by atoms with Crippen molar-refractivity contribution in [3.8, 4) is 0 Å². The van der Waals surface area contributed by atoms with Gasteiger partial charge in [-0.3, -0.25) is 0 Å². The number of benzene rings is 2. The smallest absolute Gasteiger partial charge is 0.339 e. The van der Waals surface area contributed by atoms with Crippen LogP contribution in [0.15, 0.2) is 58.4 Å². The Labute approximate surface area is 177 Å². The summed E-state index contributed by atoms with van der Waals surface area (Å²) >= 11 is 0. The Kier molecular flexibility index (Phi) is 7.10. The summed E-state index contributed by atoms with van der Waals surface area (Å²) in [4.78, 5) is 16.9. The minimum atomic E-state index is -3.85. The van der Waals surface area contributed by atoms with Gasteiger partial charge in [0, 0.05) is 0 Å². The molecule has 0 atom stereocenters. The van der Waals surface area contributed by atoms with Gasteiger partial charge in [0.25, 0.3) is 10.0 Å². The number of aliphatic imine (C=N–C) groups is 1. The largest absolute Gasteiger partial charge is 0.465 e. The maximum absolute atomic E-state index is 12.9. The molecule has 0 bridgehead atoms. The van der Waals surface area contributed by atoms with E-state index in [0.717, 1.165) is 37.7 Å². The number of anilines is 1. The first-order valence-electron chi connectivity index (χ1n) is 10.0. The topological polar surface area (TPSA) is 96.9 Å². The van der Waals surface area contributed by atoms with E-state index in [1.54, 1.807) is 48.5 Å². The van der Waals surface area contributed by atoms with Gasteiger partial charge in [-0.2, -0.15) is 0 Å². The summed E-state index contributed by atoms with van der Waals surface area (Å²) in [7, 11) is -2.54. The fourth-order valence-electron chi connectivity index (χ4n) is 3.39. The zero-order chi connectivity index (χ0) is 21.6. The van der Waals surface area contributed by atoms with E-state index in [0.29, 0.717) is 11.3 Å². The van der Waals surface area contributed by atoms with E-state index >= 15 is 0 Å². The first kappa shape index (κ1) is 21.8. The van der Waals surface area contributed by atoms with Gasteiger partial charge in [-0.1, -0.05) is 49.1 Å². The van der Waals surface area contributed by atoms with E-state index in [1.807, 2.05) is 6.92 Å². The number of esters is 1. The third kappa shape index (κ3) is 5.60. The maximum Gasteiger partial charge on any atom is 0.339 e. The molecule has 2 aromatic rings. The van der Waals surface area contributed by atoms with Crippen molar-refractivity contribution in [3.05, 3.63) is 59.7 Å². The molecule has 1 saturated carbocycles. The van der Waals surface area contributed by atoms with Crippen molar-refractivity contribution >= 4 is 27.6 Å². The summed E-state index contributed by atoms with van der Waals surface area (Å²) in [5.41, 5.74) is 1.69. The first-order valence-corrected chi connectivity index (χ1v) is 11.5. The SMILES string of the molecule is COC(=O)c1ccccc1NC(=NC1CCCCC1)NS(=O)(=O)c1ccc(C)cc1. The highest BCUT2D eigenvalue weighted by atomic mass is 32.2. The quantitative estimate of drug-likeness (QED) is 0.427. The van der Waals surface area contributed by atoms with Crippen LogP contribution in [0, 0.1) is 6.92 Å². The van der Waals surface area contributed by atoms with E-state index in [-0.39, 0.29) is 16.9 Å². The minimum Gasteiger partial charge on any atom is -0.465 e. The number of nitrogens with one attached hydrogen (secondary N) is 2. The third-order valence-corrected chi connectivity index (χ3v) is 6.39. The molecule has 2 N–H and O–H groups in total. The van der Waals surface area contributed by atoms with Crippen molar-refractivity contribution in [2.24, 2.45) is 4.99 Å². The van der Waals surface area contributed by atoms with Crippen LogP contribution >= 0.6 is 0 Å². The number of rotatable bonds is 5. The molecular weight excluding hydrogens is 402 g/mol. The molecule has 0 amide bonds. The molecule has 2 aromatic carbocycles. The molecule has 0 aromatic heterocycles. The summed E-state index contributed by atoms with van der Waals surface area (Å²) in [6.07, 6.45) is 5.08. The lowest BCUT2D eigenvalue weighted by molar-refractivity contribution is 0.0602. The van der Waals surface area contributed by atoms with Gasteiger partial charge in [0.15, 0.2) is 0 Å². The molecule has 8 heteroatoms. The van der Waals surface area contributed by atoms with Crippen LogP contribution in [0.25, 0.3) is 0 Å². The second-order valence-electron chi connectivity index (χ2n) is 7.35. The predicted octanol–water partition coefficient (Wildman–Crippen LogP) is 3.86. The van der Waals surface area contributed by atoms with Gasteiger partial charge >= 0.3 is 5.97 Å². The zero-order valence-corrected chi connectivity index (χ0v) is 18.0. The second kappa shape index (κ2) is 9.75. The van der Waals surface area contributed by atoms with Gasteiger partial charge in [-0.15, -0.1) is 0 Å². The number of sulfonamides is 1. The highest BCUT2D eigenvalue weighted by molar-refractivity contribution is 7.90. The van der Waals surface area contributed by atoms with Gasteiger partial charge in [0.05, 0.1) is 29.3 Å². The highest BCUT2D eigenvalue weighted by Gasteiger charge is 2.21. The fraction of sp³-hybridized carbons (Fsp3) is 0.364. The number of carbonyl (C=O) groups excluding carboxylic acids is 1. The van der Waals surface area contributed by atoms with Crippen LogP contribution in [0.1, 0.15) is 48.0 Å². The molecular formula is C22H27N3O4S. The Morgan fingerprint density at radius 1 is 1.03 bits per heavy atom. The molecule has 7 nitrogen and oxygen atoms in total. The van der Waals surface area contributed by atoms with Crippen LogP contribution in [0.5, 0.6) is 0 Å². The number of methoxy groups -OCH3 is 1. The number of hydrogen-bond acceptors (Lipinski definition) is 5. The van der Waals surface area contributed by atoms with Crippen molar-refractivity contribution in [2.45, 2.75) is 50.0 Å². The van der Waals surface area contributed by atoms with Crippen molar-refractivity contribution in [1.82, 2.24) is 4.72 Å². The molecule has 30 heavy (non-hydrogen) atoms. The normalized spacial score (nSPS) is 15.5. The summed E-state index contributed by atoms with van der Waals surface area (Å²) < 4.78 is 33.3. The maximum atomic E-state index is 12.9. The molecule has 0 saturated heterocycles. The number of guanidine groups is 1. The van der Waals surface area contributed by atoms with Crippen molar-refractivity contribution < 1.29 is 17.9 Å². The lowest BCUT2D eigenvalue weighted by atomic mass is 9.96. The van der Waals surface area contributed by atoms with Crippen molar-refractivity contribution in [1.29, 1.82) is 0 Å². The number of para-hydroxylation sites is 1. The molecule has 3 rings (SSSR count). The summed E-state index contributed by atoms with van der Waals surface area (Å²) in [6, 6.07) is 13.4. The van der Waals surface area contributed by atoms with Gasteiger partial charge in [-0.05, 0) is 44.0 Å². The Bertz CT molecular complexity index is 1010. The molecule has 1 aliphatic carbocycles. The van der Waals surface area contributed by atoms with Crippen LogP contribution in [-0.4, -0.2) is 33.5 Å². The van der Waals surface area contributed by atoms with Crippen LogP contribution < -0.4 is 10.0 Å². The average Bonchev–Trinajstić information content (AvgIpc) is 2.74. The van der Waals surface area contributed by atoms with Gasteiger partial charge in [0.2, 0.25) is 5.96 Å². The van der Waals surface area contributed by atoms with E-state index in [2.05, 4.69) is 15.0 Å². The van der Waals surface area contributed by atoms with Crippen LogP contribution in [-0.2, 0) is 14.8 Å². The molecule has 160 valence electrons.